The predicted octanol–water partition coefficient (Wildman–Crippen LogP) is 4.26. The number of nitrogens with zero attached hydrogens (tertiary/aromatic N) is 5. The monoisotopic (exact) mass is 343 g/mol. The summed E-state index contributed by atoms with van der Waals surface area (Å²) in [7, 11) is 0. The topological polar surface area (TPSA) is 56.0 Å². The maximum atomic E-state index is 6.16. The predicted molar refractivity (Wildman–Crippen MR) is 91.0 cm³/mol. The summed E-state index contributed by atoms with van der Waals surface area (Å²) in [6.45, 7) is 3.94. The summed E-state index contributed by atoms with van der Waals surface area (Å²) in [6.07, 6.45) is 0. The number of rotatable bonds is 1. The molecule has 5 nitrogen and oxygen atoms in total. The van der Waals surface area contributed by atoms with Crippen molar-refractivity contribution < 1.29 is 0 Å². The number of aromatic nitrogens is 5. The second kappa shape index (κ2) is 5.15. The van der Waals surface area contributed by atoms with Crippen molar-refractivity contribution in [3.63, 3.8) is 0 Å². The fourth-order valence-corrected chi connectivity index (χ4v) is 2.99. The molecule has 0 atom stereocenters. The van der Waals surface area contributed by atoms with Crippen molar-refractivity contribution in [2.45, 2.75) is 13.8 Å². The van der Waals surface area contributed by atoms with Crippen LogP contribution in [0.1, 0.15) is 11.3 Å². The van der Waals surface area contributed by atoms with Gasteiger partial charge < -0.3 is 0 Å². The van der Waals surface area contributed by atoms with Gasteiger partial charge in [-0.2, -0.15) is 5.10 Å². The van der Waals surface area contributed by atoms with Crippen LogP contribution in [0.4, 0.5) is 0 Å². The van der Waals surface area contributed by atoms with E-state index in [1.54, 1.807) is 12.1 Å². The number of benzene rings is 1. The van der Waals surface area contributed by atoms with Gasteiger partial charge in [-0.15, -0.1) is 0 Å². The molecule has 3 heterocycles. The molecule has 3 aromatic heterocycles. The third-order valence-electron chi connectivity index (χ3n) is 3.59. The first-order valence-electron chi connectivity index (χ1n) is 6.98. The quantitative estimate of drug-likeness (QED) is 0.484. The Morgan fingerprint density at radius 1 is 0.913 bits per heavy atom. The molecular weight excluding hydrogens is 333 g/mol. The zero-order valence-corrected chi connectivity index (χ0v) is 13.9. The largest absolute Gasteiger partial charge is 0.249 e. The van der Waals surface area contributed by atoms with Crippen LogP contribution in [0.15, 0.2) is 30.3 Å². The lowest BCUT2D eigenvalue weighted by molar-refractivity contribution is 0.939. The number of fused-ring (bicyclic) bond motifs is 2. The molecule has 0 bridgehead atoms. The van der Waals surface area contributed by atoms with E-state index in [4.69, 9.17) is 28.2 Å². The van der Waals surface area contributed by atoms with Gasteiger partial charge in [-0.3, -0.25) is 0 Å². The van der Waals surface area contributed by atoms with Gasteiger partial charge in [-0.25, -0.2) is 19.5 Å². The van der Waals surface area contributed by atoms with Crippen LogP contribution in [0.2, 0.25) is 10.3 Å². The minimum absolute atomic E-state index is 0.325. The van der Waals surface area contributed by atoms with Crippen LogP contribution in [0.25, 0.3) is 28.1 Å². The zero-order valence-electron chi connectivity index (χ0n) is 12.4. The van der Waals surface area contributed by atoms with E-state index in [-0.39, 0.29) is 0 Å². The summed E-state index contributed by atoms with van der Waals surface area (Å²) >= 11 is 12.1. The van der Waals surface area contributed by atoms with Crippen molar-refractivity contribution in [1.82, 2.24) is 24.6 Å². The van der Waals surface area contributed by atoms with Crippen molar-refractivity contribution in [2.24, 2.45) is 0 Å². The van der Waals surface area contributed by atoms with Gasteiger partial charge >= 0.3 is 0 Å². The summed E-state index contributed by atoms with van der Waals surface area (Å²) in [4.78, 5) is 13.5. The molecule has 0 saturated heterocycles. The zero-order chi connectivity index (χ0) is 16.1. The third-order valence-corrected chi connectivity index (χ3v) is 4.05. The Morgan fingerprint density at radius 2 is 1.74 bits per heavy atom. The molecule has 0 saturated carbocycles. The highest BCUT2D eigenvalue weighted by Gasteiger charge is 2.14. The van der Waals surface area contributed by atoms with Crippen LogP contribution >= 0.6 is 23.2 Å². The normalized spacial score (nSPS) is 11.5. The van der Waals surface area contributed by atoms with Gasteiger partial charge in [0.25, 0.3) is 0 Å². The summed E-state index contributed by atoms with van der Waals surface area (Å²) in [5.41, 5.74) is 5.58. The van der Waals surface area contributed by atoms with Crippen LogP contribution in [0.5, 0.6) is 0 Å². The fourth-order valence-electron chi connectivity index (χ4n) is 2.52. The fraction of sp³-hybridized carbons (Fsp3) is 0.125. The van der Waals surface area contributed by atoms with Crippen LogP contribution in [0, 0.1) is 13.8 Å². The standard InChI is InChI=1S/C16H11Cl2N5/c1-8-3-4-10-11(5-8)19-9(2)16(20-10)12-6-15-21-13(17)7-14(18)23(15)22-12/h3-7H,1-2H3. The lowest BCUT2D eigenvalue weighted by Crippen LogP contribution is -1.96. The van der Waals surface area contributed by atoms with Crippen molar-refractivity contribution in [3.05, 3.63) is 51.9 Å². The summed E-state index contributed by atoms with van der Waals surface area (Å²) in [5.74, 6) is 0. The van der Waals surface area contributed by atoms with Gasteiger partial charge in [0.05, 0.1) is 16.7 Å². The maximum absolute atomic E-state index is 6.16. The highest BCUT2D eigenvalue weighted by atomic mass is 35.5. The third kappa shape index (κ3) is 2.42. The first kappa shape index (κ1) is 14.4. The van der Waals surface area contributed by atoms with E-state index < -0.39 is 0 Å². The first-order chi connectivity index (χ1) is 11.0. The van der Waals surface area contributed by atoms with Crippen LogP contribution in [0.3, 0.4) is 0 Å². The van der Waals surface area contributed by atoms with Crippen molar-refractivity contribution in [2.75, 3.05) is 0 Å². The van der Waals surface area contributed by atoms with E-state index in [1.807, 2.05) is 32.0 Å². The molecule has 114 valence electrons. The van der Waals surface area contributed by atoms with Gasteiger partial charge in [0.1, 0.15) is 21.7 Å². The van der Waals surface area contributed by atoms with Crippen molar-refractivity contribution in [3.8, 4) is 11.4 Å². The summed E-state index contributed by atoms with van der Waals surface area (Å²) < 4.78 is 1.53. The molecule has 0 aliphatic rings. The lowest BCUT2D eigenvalue weighted by atomic mass is 10.2. The molecular formula is C16H11Cl2N5. The molecule has 4 aromatic rings. The van der Waals surface area contributed by atoms with Crippen LogP contribution in [-0.4, -0.2) is 24.6 Å². The van der Waals surface area contributed by atoms with Gasteiger partial charge in [-0.1, -0.05) is 29.3 Å². The number of halogens is 2. The minimum Gasteiger partial charge on any atom is -0.249 e. The van der Waals surface area contributed by atoms with E-state index in [0.29, 0.717) is 27.3 Å². The van der Waals surface area contributed by atoms with Gasteiger partial charge in [0.2, 0.25) is 0 Å². The molecule has 0 aliphatic heterocycles. The second-order valence-corrected chi connectivity index (χ2v) is 6.13. The van der Waals surface area contributed by atoms with Gasteiger partial charge in [-0.05, 0) is 31.5 Å². The number of hydrogen-bond donors (Lipinski definition) is 0. The molecule has 0 N–H and O–H groups in total. The van der Waals surface area contributed by atoms with E-state index in [9.17, 15) is 0 Å². The van der Waals surface area contributed by atoms with Crippen molar-refractivity contribution >= 4 is 39.9 Å². The minimum atomic E-state index is 0.325. The molecule has 0 spiro atoms. The average molecular weight is 344 g/mol. The second-order valence-electron chi connectivity index (χ2n) is 5.35. The molecule has 0 unspecified atom stereocenters. The van der Waals surface area contributed by atoms with E-state index >= 15 is 0 Å². The molecule has 4 rings (SSSR count). The molecule has 23 heavy (non-hydrogen) atoms. The highest BCUT2D eigenvalue weighted by Crippen LogP contribution is 2.25. The Morgan fingerprint density at radius 3 is 2.57 bits per heavy atom. The molecule has 0 fully saturated rings. The molecule has 0 aliphatic carbocycles. The SMILES string of the molecule is Cc1ccc2nc(-c3cc4nc(Cl)cc(Cl)n4n3)c(C)nc2c1. The Balaban J connectivity index is 1.96. The Hall–Kier alpha value is -2.24. The molecule has 1 aromatic carbocycles. The summed E-state index contributed by atoms with van der Waals surface area (Å²) in [6, 6.07) is 9.33. The van der Waals surface area contributed by atoms with E-state index in [2.05, 4.69) is 15.1 Å². The van der Waals surface area contributed by atoms with Gasteiger partial charge in [0.15, 0.2) is 5.65 Å². The molecule has 0 radical (unpaired) electrons. The first-order valence-corrected chi connectivity index (χ1v) is 7.74. The van der Waals surface area contributed by atoms with Crippen LogP contribution < -0.4 is 0 Å². The smallest absolute Gasteiger partial charge is 0.159 e. The number of aryl methyl sites for hydroxylation is 2. The number of hydrogen-bond acceptors (Lipinski definition) is 4. The molecule has 7 heteroatoms. The van der Waals surface area contributed by atoms with E-state index in [0.717, 1.165) is 22.3 Å². The van der Waals surface area contributed by atoms with E-state index in [1.165, 1.54) is 4.52 Å². The van der Waals surface area contributed by atoms with Crippen LogP contribution in [-0.2, 0) is 0 Å². The lowest BCUT2D eigenvalue weighted by Gasteiger charge is -2.04. The average Bonchev–Trinajstić information content (AvgIpc) is 2.90. The Labute approximate surface area is 141 Å². The highest BCUT2D eigenvalue weighted by molar-refractivity contribution is 6.33. The van der Waals surface area contributed by atoms with Crippen molar-refractivity contribution in [1.29, 1.82) is 0 Å². The Bertz CT molecular complexity index is 1070. The van der Waals surface area contributed by atoms with Gasteiger partial charge in [0, 0.05) is 12.1 Å². The Kier molecular flexibility index (Phi) is 3.21. The maximum Gasteiger partial charge on any atom is 0.159 e. The molecule has 0 amide bonds. The summed E-state index contributed by atoms with van der Waals surface area (Å²) in [5, 5.41) is 5.19.